The topological polar surface area (TPSA) is 52.7 Å². The first-order chi connectivity index (χ1) is 15.3. The average molecular weight is 416 g/mol. The maximum absolute atomic E-state index is 5.45. The molecule has 1 aromatic heterocycles. The molecule has 160 valence electrons. The molecule has 0 radical (unpaired) electrons. The summed E-state index contributed by atoms with van der Waals surface area (Å²) < 4.78 is 5.45. The van der Waals surface area contributed by atoms with Crippen molar-refractivity contribution >= 4 is 22.9 Å². The first-order valence-corrected chi connectivity index (χ1v) is 11.0. The number of anilines is 4. The highest BCUT2D eigenvalue weighted by molar-refractivity contribution is 5.63. The molecule has 5 rings (SSSR count). The van der Waals surface area contributed by atoms with Crippen LogP contribution in [-0.4, -0.2) is 49.3 Å². The fourth-order valence-corrected chi connectivity index (χ4v) is 4.23. The van der Waals surface area contributed by atoms with Gasteiger partial charge in [-0.15, -0.1) is 0 Å². The van der Waals surface area contributed by atoms with Crippen molar-refractivity contribution in [1.82, 2.24) is 9.88 Å². The van der Waals surface area contributed by atoms with Crippen molar-refractivity contribution in [2.24, 2.45) is 0 Å². The van der Waals surface area contributed by atoms with Crippen LogP contribution in [0.5, 0.6) is 0 Å². The highest BCUT2D eigenvalue weighted by Gasteiger charge is 2.16. The predicted molar refractivity (Wildman–Crippen MR) is 126 cm³/mol. The Morgan fingerprint density at radius 3 is 2.58 bits per heavy atom. The number of nitrogens with one attached hydrogen (secondary N) is 2. The van der Waals surface area contributed by atoms with Crippen molar-refractivity contribution < 1.29 is 4.74 Å². The summed E-state index contributed by atoms with van der Waals surface area (Å²) in [5.74, 6) is 0.876. The molecule has 0 bridgehead atoms. The summed E-state index contributed by atoms with van der Waals surface area (Å²) in [6.45, 7) is 7.30. The van der Waals surface area contributed by atoms with E-state index in [1.165, 1.54) is 16.8 Å². The zero-order valence-corrected chi connectivity index (χ0v) is 17.8. The first-order valence-electron chi connectivity index (χ1n) is 11.0. The number of hydrogen-bond donors (Lipinski definition) is 2. The lowest BCUT2D eigenvalue weighted by molar-refractivity contribution is 0.122. The number of nitrogens with zero attached hydrogens (tertiary/aromatic N) is 3. The second-order valence-corrected chi connectivity index (χ2v) is 8.12. The molecule has 0 atom stereocenters. The number of morpholine rings is 1. The van der Waals surface area contributed by atoms with Crippen molar-refractivity contribution in [3.63, 3.8) is 0 Å². The molecule has 6 heteroatoms. The van der Waals surface area contributed by atoms with Crippen LogP contribution in [0.1, 0.15) is 11.1 Å². The number of benzene rings is 2. The number of aromatic nitrogens is 1. The van der Waals surface area contributed by atoms with E-state index in [-0.39, 0.29) is 0 Å². The monoisotopic (exact) mass is 415 g/mol. The highest BCUT2D eigenvalue weighted by Crippen LogP contribution is 2.26. The van der Waals surface area contributed by atoms with E-state index >= 15 is 0 Å². The molecule has 0 aliphatic carbocycles. The third-order valence-electron chi connectivity index (χ3n) is 5.89. The van der Waals surface area contributed by atoms with E-state index in [2.05, 4.69) is 86.1 Å². The molecule has 2 N–H and O–H groups in total. The molecule has 3 aromatic rings. The lowest BCUT2D eigenvalue weighted by Crippen LogP contribution is -2.36. The lowest BCUT2D eigenvalue weighted by Gasteiger charge is -2.28. The van der Waals surface area contributed by atoms with Gasteiger partial charge in [0.2, 0.25) is 0 Å². The van der Waals surface area contributed by atoms with E-state index in [1.54, 1.807) is 0 Å². The largest absolute Gasteiger partial charge is 0.382 e. The smallest absolute Gasteiger partial charge is 0.130 e. The van der Waals surface area contributed by atoms with E-state index in [4.69, 9.17) is 4.74 Å². The molecule has 2 aromatic carbocycles. The molecule has 2 aliphatic rings. The second kappa shape index (κ2) is 9.37. The minimum atomic E-state index is 0.800. The van der Waals surface area contributed by atoms with Crippen molar-refractivity contribution in [2.75, 3.05) is 54.9 Å². The van der Waals surface area contributed by atoms with E-state index in [1.807, 2.05) is 6.20 Å². The van der Waals surface area contributed by atoms with Crippen LogP contribution in [-0.2, 0) is 17.8 Å². The maximum atomic E-state index is 5.45. The maximum Gasteiger partial charge on any atom is 0.130 e. The Bertz CT molecular complexity index is 987. The molecular weight excluding hydrogens is 386 g/mol. The van der Waals surface area contributed by atoms with Crippen LogP contribution in [0.15, 0.2) is 66.9 Å². The van der Waals surface area contributed by atoms with Gasteiger partial charge >= 0.3 is 0 Å². The molecule has 2 aliphatic heterocycles. The summed E-state index contributed by atoms with van der Waals surface area (Å²) in [7, 11) is 0. The fraction of sp³-hybridized carbons (Fsp3) is 0.320. The first kappa shape index (κ1) is 19.8. The van der Waals surface area contributed by atoms with Crippen LogP contribution in [0.2, 0.25) is 0 Å². The predicted octanol–water partition coefficient (Wildman–Crippen LogP) is 4.09. The van der Waals surface area contributed by atoms with Gasteiger partial charge in [-0.05, 0) is 41.5 Å². The van der Waals surface area contributed by atoms with Crippen LogP contribution < -0.4 is 15.5 Å². The van der Waals surface area contributed by atoms with Gasteiger partial charge in [-0.1, -0.05) is 30.3 Å². The Kier molecular flexibility index (Phi) is 6.00. The molecule has 3 heterocycles. The Morgan fingerprint density at radius 1 is 0.968 bits per heavy atom. The Hall–Kier alpha value is -3.09. The van der Waals surface area contributed by atoms with E-state index in [9.17, 15) is 0 Å². The molecule has 0 unspecified atom stereocenters. The van der Waals surface area contributed by atoms with Crippen LogP contribution in [0, 0.1) is 0 Å². The minimum Gasteiger partial charge on any atom is -0.382 e. The summed E-state index contributed by atoms with van der Waals surface area (Å²) in [4.78, 5) is 9.47. The third kappa shape index (κ3) is 4.98. The zero-order valence-electron chi connectivity index (χ0n) is 17.8. The summed E-state index contributed by atoms with van der Waals surface area (Å²) in [5, 5.41) is 7.00. The average Bonchev–Trinajstić information content (AvgIpc) is 3.02. The van der Waals surface area contributed by atoms with Gasteiger partial charge in [-0.3, -0.25) is 4.90 Å². The molecule has 1 saturated heterocycles. The molecule has 0 spiro atoms. The van der Waals surface area contributed by atoms with Gasteiger partial charge in [0, 0.05) is 50.6 Å². The summed E-state index contributed by atoms with van der Waals surface area (Å²) in [6, 6.07) is 21.4. The van der Waals surface area contributed by atoms with Crippen molar-refractivity contribution in [1.29, 1.82) is 0 Å². The Labute approximate surface area is 183 Å². The van der Waals surface area contributed by atoms with Crippen molar-refractivity contribution in [3.05, 3.63) is 78.0 Å². The third-order valence-corrected chi connectivity index (χ3v) is 5.89. The van der Waals surface area contributed by atoms with Crippen molar-refractivity contribution in [2.45, 2.75) is 13.1 Å². The van der Waals surface area contributed by atoms with Crippen molar-refractivity contribution in [3.8, 4) is 0 Å². The number of fused-ring (bicyclic) bond motifs is 1. The quantitative estimate of drug-likeness (QED) is 0.655. The molecule has 0 saturated carbocycles. The van der Waals surface area contributed by atoms with Gasteiger partial charge in [-0.25, -0.2) is 4.98 Å². The molecule has 31 heavy (non-hydrogen) atoms. The molecular formula is C25H29N5O. The summed E-state index contributed by atoms with van der Waals surface area (Å²) >= 11 is 0. The van der Waals surface area contributed by atoms with Gasteiger partial charge in [0.25, 0.3) is 0 Å². The number of ether oxygens (including phenoxy) is 1. The number of rotatable bonds is 5. The van der Waals surface area contributed by atoms with Gasteiger partial charge in [0.05, 0.1) is 25.1 Å². The van der Waals surface area contributed by atoms with E-state index < -0.39 is 0 Å². The van der Waals surface area contributed by atoms with Crippen LogP contribution in [0.3, 0.4) is 0 Å². The molecule has 1 fully saturated rings. The SMILES string of the molecule is c1ccc(CN2CCNc3cnc(Nc4ccc(N5CCOCC5)cc4)cc3C2)cc1. The Balaban J connectivity index is 1.27. The van der Waals surface area contributed by atoms with Gasteiger partial charge < -0.3 is 20.3 Å². The Morgan fingerprint density at radius 2 is 1.77 bits per heavy atom. The van der Waals surface area contributed by atoms with Gasteiger partial charge in [0.1, 0.15) is 5.82 Å². The molecule has 0 amide bonds. The second-order valence-electron chi connectivity index (χ2n) is 8.12. The van der Waals surface area contributed by atoms with Gasteiger partial charge in [-0.2, -0.15) is 0 Å². The summed E-state index contributed by atoms with van der Waals surface area (Å²) in [5.41, 5.74) is 6.04. The van der Waals surface area contributed by atoms with Crippen LogP contribution in [0.25, 0.3) is 0 Å². The van der Waals surface area contributed by atoms with Crippen LogP contribution >= 0.6 is 0 Å². The normalized spacial score (nSPS) is 16.8. The van der Waals surface area contributed by atoms with Crippen LogP contribution in [0.4, 0.5) is 22.9 Å². The summed E-state index contributed by atoms with van der Waals surface area (Å²) in [6.07, 6.45) is 1.95. The van der Waals surface area contributed by atoms with E-state index in [0.717, 1.165) is 69.7 Å². The standard InChI is InChI=1S/C25H29N5O/c1-2-4-20(5-3-1)18-29-11-10-26-24-17-27-25(16-21(24)19-29)28-22-6-8-23(9-7-22)30-12-14-31-15-13-30/h1-9,16-17,26H,10-15,18-19H2,(H,27,28). The van der Waals surface area contributed by atoms with Gasteiger partial charge in [0.15, 0.2) is 0 Å². The van der Waals surface area contributed by atoms with E-state index in [0.29, 0.717) is 0 Å². The lowest BCUT2D eigenvalue weighted by atomic mass is 10.1. The fourth-order valence-electron chi connectivity index (χ4n) is 4.23. The zero-order chi connectivity index (χ0) is 20.9. The molecule has 6 nitrogen and oxygen atoms in total. The number of hydrogen-bond acceptors (Lipinski definition) is 6. The minimum absolute atomic E-state index is 0.800. The highest BCUT2D eigenvalue weighted by atomic mass is 16.5. The number of pyridine rings is 1.